The van der Waals surface area contributed by atoms with Gasteiger partial charge in [0.15, 0.2) is 0 Å². The summed E-state index contributed by atoms with van der Waals surface area (Å²) in [7, 11) is 0. The van der Waals surface area contributed by atoms with Crippen molar-refractivity contribution in [3.05, 3.63) is 75.2 Å². The Morgan fingerprint density at radius 3 is 2.14 bits per heavy atom. The molecule has 2 rings (SSSR count). The first-order chi connectivity index (χ1) is 12.9. The van der Waals surface area contributed by atoms with Crippen LogP contribution in [0.2, 0.25) is 0 Å². The monoisotopic (exact) mass is 406 g/mol. The van der Waals surface area contributed by atoms with Crippen LogP contribution in [0.15, 0.2) is 47.4 Å². The number of nitrogens with one attached hydrogen (secondary N) is 1. The Kier molecular flexibility index (Phi) is 5.98. The van der Waals surface area contributed by atoms with Crippen molar-refractivity contribution >= 4 is 12.0 Å². The highest BCUT2D eigenvalue weighted by molar-refractivity contribution is 5.90. The molecule has 1 heterocycles. The van der Waals surface area contributed by atoms with E-state index in [1.807, 2.05) is 0 Å². The lowest BCUT2D eigenvalue weighted by Crippen LogP contribution is -2.23. The molecule has 0 unspecified atom stereocenters. The van der Waals surface area contributed by atoms with Gasteiger partial charge in [-0.05, 0) is 42.0 Å². The van der Waals surface area contributed by atoms with Gasteiger partial charge in [-0.1, -0.05) is 0 Å². The number of rotatable bonds is 4. The van der Waals surface area contributed by atoms with Gasteiger partial charge in [-0.25, -0.2) is 5.48 Å². The Labute approximate surface area is 153 Å². The number of amides is 1. The van der Waals surface area contributed by atoms with Crippen LogP contribution in [-0.4, -0.2) is 15.7 Å². The molecule has 0 saturated heterocycles. The molecule has 2 N–H and O–H groups in total. The Morgan fingerprint density at radius 1 is 1.07 bits per heavy atom. The summed E-state index contributed by atoms with van der Waals surface area (Å²) in [5, 5.41) is 8.40. The number of benzene rings is 1. The van der Waals surface area contributed by atoms with Gasteiger partial charge < -0.3 is 4.57 Å². The van der Waals surface area contributed by atoms with Crippen LogP contribution in [0.5, 0.6) is 0 Å². The van der Waals surface area contributed by atoms with Crippen molar-refractivity contribution in [2.75, 3.05) is 0 Å². The highest BCUT2D eigenvalue weighted by Crippen LogP contribution is 2.36. The molecule has 0 spiro atoms. The van der Waals surface area contributed by atoms with E-state index in [0.717, 1.165) is 16.7 Å². The number of nitrogens with zero attached hydrogens (tertiary/aromatic N) is 1. The number of alkyl halides is 6. The minimum atomic E-state index is -5.00. The summed E-state index contributed by atoms with van der Waals surface area (Å²) >= 11 is 0. The predicted octanol–water partition coefficient (Wildman–Crippen LogP) is 3.45. The highest BCUT2D eigenvalue weighted by Gasteiger charge is 2.36. The van der Waals surface area contributed by atoms with E-state index in [1.165, 1.54) is 23.8 Å². The fraction of sp³-hybridized carbons (Fsp3) is 0.176. The second-order valence-corrected chi connectivity index (χ2v) is 5.62. The summed E-state index contributed by atoms with van der Waals surface area (Å²) in [5.41, 5.74) is -2.86. The van der Waals surface area contributed by atoms with Crippen molar-refractivity contribution in [1.82, 2.24) is 10.0 Å². The van der Waals surface area contributed by atoms with Crippen molar-refractivity contribution in [2.45, 2.75) is 18.9 Å². The molecule has 0 bridgehead atoms. The first-order valence-electron chi connectivity index (χ1n) is 7.52. The van der Waals surface area contributed by atoms with Gasteiger partial charge in [0.25, 0.3) is 11.5 Å². The summed E-state index contributed by atoms with van der Waals surface area (Å²) in [6, 6.07) is 3.68. The third kappa shape index (κ3) is 5.22. The standard InChI is InChI=1S/C17H12F6N2O3/c18-16(19,20)12-6-10(7-13(8-12)17(21,22)23)9-25-5-1-2-11(15(25)27)3-4-14(26)24-28/h1-8,28H,9H2,(H,24,26)/b4-3+. The van der Waals surface area contributed by atoms with Crippen molar-refractivity contribution in [2.24, 2.45) is 0 Å². The maximum Gasteiger partial charge on any atom is 0.416 e. The number of aromatic nitrogens is 1. The van der Waals surface area contributed by atoms with Gasteiger partial charge in [0.2, 0.25) is 0 Å². The van der Waals surface area contributed by atoms with Crippen LogP contribution in [0.4, 0.5) is 26.3 Å². The Morgan fingerprint density at radius 2 is 1.64 bits per heavy atom. The fourth-order valence-corrected chi connectivity index (χ4v) is 2.32. The van der Waals surface area contributed by atoms with E-state index >= 15 is 0 Å². The van der Waals surface area contributed by atoms with Crippen molar-refractivity contribution in [3.63, 3.8) is 0 Å². The first-order valence-corrected chi connectivity index (χ1v) is 7.52. The van der Waals surface area contributed by atoms with E-state index in [9.17, 15) is 35.9 Å². The van der Waals surface area contributed by atoms with Crippen LogP contribution in [0, 0.1) is 0 Å². The number of carbonyl (C=O) groups excluding carboxylic acids is 1. The van der Waals surface area contributed by atoms with Crippen LogP contribution in [-0.2, 0) is 23.7 Å². The van der Waals surface area contributed by atoms with Crippen LogP contribution in [0.3, 0.4) is 0 Å². The molecule has 1 amide bonds. The van der Waals surface area contributed by atoms with Crippen LogP contribution < -0.4 is 11.0 Å². The maximum absolute atomic E-state index is 12.9. The van der Waals surface area contributed by atoms with Gasteiger partial charge in [-0.15, -0.1) is 0 Å². The molecule has 0 aliphatic rings. The van der Waals surface area contributed by atoms with Crippen molar-refractivity contribution < 1.29 is 36.3 Å². The molecule has 2 aromatic rings. The van der Waals surface area contributed by atoms with E-state index in [2.05, 4.69) is 0 Å². The molecule has 0 radical (unpaired) electrons. The quantitative estimate of drug-likeness (QED) is 0.354. The second-order valence-electron chi connectivity index (χ2n) is 5.62. The average Bonchev–Trinajstić information content (AvgIpc) is 2.60. The van der Waals surface area contributed by atoms with E-state index in [0.29, 0.717) is 12.1 Å². The zero-order chi connectivity index (χ0) is 21.1. The zero-order valence-electron chi connectivity index (χ0n) is 13.8. The van der Waals surface area contributed by atoms with Gasteiger partial charge in [0, 0.05) is 17.8 Å². The number of hydrogen-bond acceptors (Lipinski definition) is 3. The zero-order valence-corrected chi connectivity index (χ0v) is 13.8. The third-order valence-corrected chi connectivity index (χ3v) is 3.57. The van der Waals surface area contributed by atoms with Gasteiger partial charge in [0.1, 0.15) is 0 Å². The minimum Gasteiger partial charge on any atom is -0.311 e. The number of pyridine rings is 1. The predicted molar refractivity (Wildman–Crippen MR) is 85.2 cm³/mol. The SMILES string of the molecule is O=C(/C=C/c1cccn(Cc2cc(C(F)(F)F)cc(C(F)(F)F)c2)c1=O)NO. The Hall–Kier alpha value is -3.08. The van der Waals surface area contributed by atoms with Crippen molar-refractivity contribution in [3.8, 4) is 0 Å². The molecule has 28 heavy (non-hydrogen) atoms. The minimum absolute atomic E-state index is 0.00106. The molecule has 150 valence electrons. The molecule has 0 aliphatic heterocycles. The molecular formula is C17H12F6N2O3. The summed E-state index contributed by atoms with van der Waals surface area (Å²) < 4.78 is 78.4. The van der Waals surface area contributed by atoms with E-state index < -0.39 is 41.5 Å². The number of hydroxylamine groups is 1. The first kappa shape index (κ1) is 21.2. The summed E-state index contributed by atoms with van der Waals surface area (Å²) in [5.74, 6) is -0.928. The second kappa shape index (κ2) is 7.89. The third-order valence-electron chi connectivity index (χ3n) is 3.57. The van der Waals surface area contributed by atoms with Crippen LogP contribution >= 0.6 is 0 Å². The van der Waals surface area contributed by atoms with Gasteiger partial charge >= 0.3 is 12.4 Å². The molecule has 1 aromatic heterocycles. The molecule has 0 fully saturated rings. The van der Waals surface area contributed by atoms with E-state index in [4.69, 9.17) is 5.21 Å². The maximum atomic E-state index is 12.9. The summed E-state index contributed by atoms with van der Waals surface area (Å²) in [6.07, 6.45) is -6.95. The van der Waals surface area contributed by atoms with Crippen LogP contribution in [0.25, 0.3) is 6.08 Å². The van der Waals surface area contributed by atoms with Gasteiger partial charge in [0.05, 0.1) is 17.7 Å². The summed E-state index contributed by atoms with van der Waals surface area (Å²) in [4.78, 5) is 23.3. The topological polar surface area (TPSA) is 71.3 Å². The summed E-state index contributed by atoms with van der Waals surface area (Å²) in [6.45, 7) is -0.556. The number of halogens is 6. The Balaban J connectivity index is 2.47. The lowest BCUT2D eigenvalue weighted by molar-refractivity contribution is -0.143. The largest absolute Gasteiger partial charge is 0.416 e. The van der Waals surface area contributed by atoms with Crippen molar-refractivity contribution in [1.29, 1.82) is 0 Å². The molecule has 0 saturated carbocycles. The van der Waals surface area contributed by atoms with E-state index in [-0.39, 0.29) is 17.2 Å². The van der Waals surface area contributed by atoms with Gasteiger partial charge in [-0.3, -0.25) is 14.8 Å². The number of hydrogen-bond donors (Lipinski definition) is 2. The van der Waals surface area contributed by atoms with E-state index in [1.54, 1.807) is 0 Å². The molecule has 5 nitrogen and oxygen atoms in total. The molecule has 0 atom stereocenters. The highest BCUT2D eigenvalue weighted by atomic mass is 19.4. The van der Waals surface area contributed by atoms with Crippen LogP contribution in [0.1, 0.15) is 22.3 Å². The van der Waals surface area contributed by atoms with Gasteiger partial charge in [-0.2, -0.15) is 26.3 Å². The fourth-order valence-electron chi connectivity index (χ4n) is 2.32. The molecular weight excluding hydrogens is 394 g/mol. The molecule has 1 aromatic carbocycles. The lowest BCUT2D eigenvalue weighted by atomic mass is 10.0. The molecule has 0 aliphatic carbocycles. The number of carbonyl (C=O) groups is 1. The normalized spacial score (nSPS) is 12.4. The lowest BCUT2D eigenvalue weighted by Gasteiger charge is -2.15. The molecule has 11 heteroatoms. The average molecular weight is 406 g/mol. The smallest absolute Gasteiger partial charge is 0.311 e. The Bertz CT molecular complexity index is 928.